The van der Waals surface area contributed by atoms with Gasteiger partial charge in [0.15, 0.2) is 0 Å². The normalized spacial score (nSPS) is 10.3. The largest absolute Gasteiger partial charge is 0.220 e. The van der Waals surface area contributed by atoms with Crippen molar-refractivity contribution >= 4 is 45.8 Å². The van der Waals surface area contributed by atoms with Crippen LogP contribution in [0.15, 0.2) is 0 Å². The smallest absolute Gasteiger partial charge is 0.147 e. The van der Waals surface area contributed by atoms with Gasteiger partial charge in [-0.25, -0.2) is 9.97 Å². The third-order valence-electron chi connectivity index (χ3n) is 1.29. The van der Waals surface area contributed by atoms with Gasteiger partial charge in [-0.05, 0) is 29.0 Å². The van der Waals surface area contributed by atoms with Gasteiger partial charge in [-0.15, -0.1) is 0 Å². The summed E-state index contributed by atoms with van der Waals surface area (Å²) in [6.45, 7) is 2.06. The van der Waals surface area contributed by atoms with E-state index in [0.29, 0.717) is 16.1 Å². The number of nitrogens with zero attached hydrogens (tertiary/aromatic N) is 2. The van der Waals surface area contributed by atoms with E-state index in [1.54, 1.807) is 0 Å². The highest BCUT2D eigenvalue weighted by atomic mass is 127. The highest BCUT2D eigenvalue weighted by Gasteiger charge is 2.07. The minimum Gasteiger partial charge on any atom is -0.220 e. The van der Waals surface area contributed by atoms with Crippen molar-refractivity contribution in [3.05, 3.63) is 19.7 Å². The zero-order valence-corrected chi connectivity index (χ0v) is 10.1. The maximum Gasteiger partial charge on any atom is 0.147 e. The van der Waals surface area contributed by atoms with E-state index in [0.717, 1.165) is 16.4 Å². The van der Waals surface area contributed by atoms with Gasteiger partial charge < -0.3 is 0 Å². The molecule has 0 unspecified atom stereocenters. The van der Waals surface area contributed by atoms with Gasteiger partial charge in [-0.1, -0.05) is 30.1 Å². The number of aromatic nitrogens is 2. The number of hydrogen-bond donors (Lipinski definition) is 0. The highest BCUT2D eigenvalue weighted by Crippen LogP contribution is 2.22. The molecule has 1 rings (SSSR count). The number of rotatable bonds is 2. The van der Waals surface area contributed by atoms with E-state index in [-0.39, 0.29) is 0 Å². The summed E-state index contributed by atoms with van der Waals surface area (Å²) in [6.07, 6.45) is 1.81. The van der Waals surface area contributed by atoms with Crippen LogP contribution in [0.25, 0.3) is 0 Å². The van der Waals surface area contributed by atoms with Crippen LogP contribution < -0.4 is 0 Å². The minimum absolute atomic E-state index is 0.444. The first-order valence-electron chi connectivity index (χ1n) is 3.52. The Hall–Kier alpha value is 0.390. The average Bonchev–Trinajstić information content (AvgIpc) is 2.01. The van der Waals surface area contributed by atoms with Crippen LogP contribution in [0.5, 0.6) is 0 Å². The molecule has 0 radical (unpaired) electrons. The Morgan fingerprint density at radius 1 is 1.25 bits per heavy atom. The molecule has 0 fully saturated rings. The third-order valence-corrected chi connectivity index (χ3v) is 3.50. The summed E-state index contributed by atoms with van der Waals surface area (Å²) < 4.78 is 0.718. The quantitative estimate of drug-likeness (QED) is 0.618. The molecular weight excluding hydrogens is 310 g/mol. The Balaban J connectivity index is 3.04. The van der Waals surface area contributed by atoms with Gasteiger partial charge in [-0.2, -0.15) is 0 Å². The van der Waals surface area contributed by atoms with Crippen molar-refractivity contribution in [2.45, 2.75) is 19.8 Å². The van der Waals surface area contributed by atoms with Crippen LogP contribution in [-0.4, -0.2) is 9.97 Å². The fraction of sp³-hybridized carbons (Fsp3) is 0.429. The Morgan fingerprint density at radius 2 is 1.75 bits per heavy atom. The summed E-state index contributed by atoms with van der Waals surface area (Å²) in [7, 11) is 0. The van der Waals surface area contributed by atoms with Crippen molar-refractivity contribution in [2.75, 3.05) is 0 Å². The summed E-state index contributed by atoms with van der Waals surface area (Å²) in [6, 6.07) is 0. The van der Waals surface area contributed by atoms with Crippen LogP contribution in [-0.2, 0) is 6.42 Å². The molecule has 0 N–H and O–H groups in total. The van der Waals surface area contributed by atoms with Crippen LogP contribution in [0.3, 0.4) is 0 Å². The van der Waals surface area contributed by atoms with E-state index in [2.05, 4.69) is 16.9 Å². The van der Waals surface area contributed by atoms with Gasteiger partial charge in [-0.3, -0.25) is 0 Å². The molecule has 0 spiro atoms. The molecule has 0 aliphatic rings. The molecule has 12 heavy (non-hydrogen) atoms. The second-order valence-electron chi connectivity index (χ2n) is 2.29. The van der Waals surface area contributed by atoms with Crippen LogP contribution in [0.2, 0.25) is 10.3 Å². The molecule has 0 bridgehead atoms. The second kappa shape index (κ2) is 4.58. The molecule has 0 aromatic carbocycles. The van der Waals surface area contributed by atoms with Gasteiger partial charge in [0.25, 0.3) is 0 Å². The second-order valence-corrected chi connectivity index (χ2v) is 4.08. The van der Waals surface area contributed by atoms with Gasteiger partial charge in [0.1, 0.15) is 16.1 Å². The maximum absolute atomic E-state index is 5.81. The molecule has 0 saturated carbocycles. The third kappa shape index (κ3) is 2.44. The van der Waals surface area contributed by atoms with Crippen LogP contribution in [0.4, 0.5) is 0 Å². The minimum atomic E-state index is 0.444. The molecule has 2 nitrogen and oxygen atoms in total. The lowest BCUT2D eigenvalue weighted by Crippen LogP contribution is -1.97. The maximum atomic E-state index is 5.81. The van der Waals surface area contributed by atoms with Crippen molar-refractivity contribution in [3.8, 4) is 0 Å². The van der Waals surface area contributed by atoms with Crippen molar-refractivity contribution in [3.63, 3.8) is 0 Å². The fourth-order valence-electron chi connectivity index (χ4n) is 0.770. The molecule has 5 heteroatoms. The lowest BCUT2D eigenvalue weighted by molar-refractivity contribution is 0.832. The van der Waals surface area contributed by atoms with Crippen LogP contribution >= 0.6 is 45.8 Å². The SMILES string of the molecule is CCCc1nc(Cl)c(I)c(Cl)n1. The zero-order valence-electron chi connectivity index (χ0n) is 6.44. The first-order chi connectivity index (χ1) is 5.65. The van der Waals surface area contributed by atoms with E-state index >= 15 is 0 Å². The Morgan fingerprint density at radius 3 is 2.17 bits per heavy atom. The predicted molar refractivity (Wildman–Crippen MR) is 58.8 cm³/mol. The molecule has 0 aliphatic carbocycles. The standard InChI is InChI=1S/C7H7Cl2IN2/c1-2-3-4-11-6(8)5(10)7(9)12-4/h2-3H2,1H3. The van der Waals surface area contributed by atoms with Crippen LogP contribution in [0.1, 0.15) is 19.2 Å². The van der Waals surface area contributed by atoms with Gasteiger partial charge >= 0.3 is 0 Å². The molecule has 0 saturated heterocycles. The highest BCUT2D eigenvalue weighted by molar-refractivity contribution is 14.1. The van der Waals surface area contributed by atoms with E-state index in [9.17, 15) is 0 Å². The molecule has 0 aliphatic heterocycles. The zero-order chi connectivity index (χ0) is 9.14. The lowest BCUT2D eigenvalue weighted by atomic mass is 10.3. The number of halogens is 3. The van der Waals surface area contributed by atoms with Crippen molar-refractivity contribution in [2.24, 2.45) is 0 Å². The van der Waals surface area contributed by atoms with Crippen LogP contribution in [0, 0.1) is 3.57 Å². The first kappa shape index (κ1) is 10.5. The van der Waals surface area contributed by atoms with E-state index in [1.165, 1.54) is 0 Å². The van der Waals surface area contributed by atoms with E-state index in [1.807, 2.05) is 22.6 Å². The average molecular weight is 317 g/mol. The van der Waals surface area contributed by atoms with E-state index < -0.39 is 0 Å². The summed E-state index contributed by atoms with van der Waals surface area (Å²) in [5.41, 5.74) is 0. The van der Waals surface area contributed by atoms with Crippen molar-refractivity contribution < 1.29 is 0 Å². The summed E-state index contributed by atoms with van der Waals surface area (Å²) in [5, 5.41) is 0.887. The molecule has 0 amide bonds. The van der Waals surface area contributed by atoms with Crippen molar-refractivity contribution in [1.29, 1.82) is 0 Å². The summed E-state index contributed by atoms with van der Waals surface area (Å²) in [5.74, 6) is 0.716. The van der Waals surface area contributed by atoms with Gasteiger partial charge in [0.2, 0.25) is 0 Å². The molecular formula is C7H7Cl2IN2. The fourth-order valence-corrected chi connectivity index (χ4v) is 1.43. The molecule has 1 heterocycles. The summed E-state index contributed by atoms with van der Waals surface area (Å²) >= 11 is 13.6. The van der Waals surface area contributed by atoms with Gasteiger partial charge in [0, 0.05) is 6.42 Å². The van der Waals surface area contributed by atoms with Gasteiger partial charge in [0.05, 0.1) is 3.57 Å². The Labute approximate surface area is 94.8 Å². The molecule has 66 valence electrons. The van der Waals surface area contributed by atoms with E-state index in [4.69, 9.17) is 23.2 Å². The number of hydrogen-bond acceptors (Lipinski definition) is 2. The molecule has 1 aromatic heterocycles. The monoisotopic (exact) mass is 316 g/mol. The summed E-state index contributed by atoms with van der Waals surface area (Å²) in [4.78, 5) is 8.17. The molecule has 1 aromatic rings. The van der Waals surface area contributed by atoms with Crippen molar-refractivity contribution in [1.82, 2.24) is 9.97 Å². The lowest BCUT2D eigenvalue weighted by Gasteiger charge is -2.01. The Bertz CT molecular complexity index is 268. The first-order valence-corrected chi connectivity index (χ1v) is 5.36. The molecule has 0 atom stereocenters. The predicted octanol–water partition coefficient (Wildman–Crippen LogP) is 3.34. The Kier molecular flexibility index (Phi) is 3.99. The topological polar surface area (TPSA) is 25.8 Å². The number of aryl methyl sites for hydroxylation is 1.